The Morgan fingerprint density at radius 3 is 2.47 bits per heavy atom. The molecule has 4 aliphatic carbocycles. The largest absolute Gasteiger partial charge is 0.497 e. The number of hydrogen-bond donors (Lipinski definition) is 1. The van der Waals surface area contributed by atoms with Gasteiger partial charge in [-0.25, -0.2) is 0 Å². The number of hydrogen-bond acceptors (Lipinski definition) is 6. The first-order valence-electron chi connectivity index (χ1n) is 12.7. The molecule has 0 unspecified atom stereocenters. The summed E-state index contributed by atoms with van der Waals surface area (Å²) in [4.78, 5) is 13.1. The van der Waals surface area contributed by atoms with E-state index in [0.29, 0.717) is 12.3 Å². The quantitative estimate of drug-likeness (QED) is 0.565. The minimum atomic E-state index is 0.0476. The number of carbonyl (C=O) groups excluding carboxylic acids is 1. The average molecular weight is 483 g/mol. The fourth-order valence-corrected chi connectivity index (χ4v) is 7.98. The lowest BCUT2D eigenvalue weighted by Gasteiger charge is -2.56. The van der Waals surface area contributed by atoms with Crippen LogP contribution in [0.3, 0.4) is 0 Å². The van der Waals surface area contributed by atoms with E-state index in [1.807, 2.05) is 24.3 Å². The highest BCUT2D eigenvalue weighted by molar-refractivity contribution is 7.99. The van der Waals surface area contributed by atoms with Gasteiger partial charge < -0.3 is 14.8 Å². The van der Waals surface area contributed by atoms with Crippen molar-refractivity contribution >= 4 is 17.7 Å². The van der Waals surface area contributed by atoms with Gasteiger partial charge in [0.25, 0.3) is 0 Å². The van der Waals surface area contributed by atoms with E-state index in [0.717, 1.165) is 59.5 Å². The van der Waals surface area contributed by atoms with Crippen molar-refractivity contribution in [2.75, 3.05) is 19.5 Å². The molecule has 8 heteroatoms. The summed E-state index contributed by atoms with van der Waals surface area (Å²) in [6.07, 6.45) is 9.94. The zero-order chi connectivity index (χ0) is 23.1. The molecule has 7 nitrogen and oxygen atoms in total. The Morgan fingerprint density at radius 2 is 1.85 bits per heavy atom. The molecule has 4 saturated carbocycles. The van der Waals surface area contributed by atoms with Gasteiger partial charge in [0, 0.05) is 17.7 Å². The molecule has 4 bridgehead atoms. The Labute approximate surface area is 205 Å². The van der Waals surface area contributed by atoms with Crippen LogP contribution in [0.2, 0.25) is 0 Å². The second kappa shape index (κ2) is 9.19. The number of rotatable bonds is 8. The van der Waals surface area contributed by atoms with Crippen LogP contribution in [-0.4, -0.2) is 51.8 Å². The lowest BCUT2D eigenvalue weighted by molar-refractivity contribution is -0.124. The highest BCUT2D eigenvalue weighted by atomic mass is 32.2. The maximum absolute atomic E-state index is 13.1. The number of nitrogens with one attached hydrogen (secondary N) is 1. The Bertz CT molecular complexity index is 996. The third-order valence-corrected chi connectivity index (χ3v) is 9.22. The molecule has 1 aromatic heterocycles. The normalized spacial score (nSPS) is 31.7. The topological polar surface area (TPSA) is 78.3 Å². The number of nitrogens with zero attached hydrogens (tertiary/aromatic N) is 3. The van der Waals surface area contributed by atoms with Crippen LogP contribution < -0.4 is 10.1 Å². The van der Waals surface area contributed by atoms with Crippen LogP contribution in [0, 0.1) is 17.8 Å². The van der Waals surface area contributed by atoms with Crippen molar-refractivity contribution in [3.05, 3.63) is 24.3 Å². The van der Waals surface area contributed by atoms with Gasteiger partial charge in [-0.05, 0) is 93.4 Å². The smallest absolute Gasteiger partial charge is 0.230 e. The molecule has 1 atom stereocenters. The molecule has 1 amide bonds. The minimum Gasteiger partial charge on any atom is -0.497 e. The van der Waals surface area contributed by atoms with Crippen LogP contribution in [-0.2, 0) is 16.1 Å². The molecule has 1 aliphatic heterocycles. The summed E-state index contributed by atoms with van der Waals surface area (Å²) in [6.45, 7) is 1.51. The van der Waals surface area contributed by atoms with Gasteiger partial charge in [0.2, 0.25) is 5.91 Å². The molecule has 2 heterocycles. The highest BCUT2D eigenvalue weighted by Crippen LogP contribution is 2.55. The first-order chi connectivity index (χ1) is 16.6. The predicted molar refractivity (Wildman–Crippen MR) is 131 cm³/mol. The second-order valence-corrected chi connectivity index (χ2v) is 11.8. The number of aromatic nitrogens is 3. The molecule has 2 aromatic rings. The number of amides is 1. The first-order valence-corrected chi connectivity index (χ1v) is 13.7. The zero-order valence-electron chi connectivity index (χ0n) is 19.9. The van der Waals surface area contributed by atoms with E-state index in [1.54, 1.807) is 7.11 Å². The summed E-state index contributed by atoms with van der Waals surface area (Å²) in [5.41, 5.74) is 1.03. The lowest BCUT2D eigenvalue weighted by Crippen LogP contribution is -2.60. The van der Waals surface area contributed by atoms with Crippen molar-refractivity contribution in [3.8, 4) is 17.1 Å². The number of ether oxygens (including phenoxy) is 2. The molecule has 1 aromatic carbocycles. The van der Waals surface area contributed by atoms with E-state index in [4.69, 9.17) is 9.47 Å². The van der Waals surface area contributed by atoms with E-state index in [-0.39, 0.29) is 17.6 Å². The fourth-order valence-electron chi connectivity index (χ4n) is 7.23. The SMILES string of the molecule is COc1ccc(-c2nnc(SCC(=O)NC34CC5CC(CC(C5)C3)C4)n2C[C@@H]2CCCO2)cc1. The van der Waals surface area contributed by atoms with Crippen LogP contribution in [0.4, 0.5) is 0 Å². The van der Waals surface area contributed by atoms with Crippen LogP contribution >= 0.6 is 11.8 Å². The molecule has 34 heavy (non-hydrogen) atoms. The summed E-state index contributed by atoms with van der Waals surface area (Å²) in [6, 6.07) is 7.88. The maximum atomic E-state index is 13.1. The number of carbonyl (C=O) groups is 1. The molecule has 0 radical (unpaired) electrons. The molecular weight excluding hydrogens is 448 g/mol. The van der Waals surface area contributed by atoms with Crippen molar-refractivity contribution < 1.29 is 14.3 Å². The van der Waals surface area contributed by atoms with Crippen molar-refractivity contribution in [2.24, 2.45) is 17.8 Å². The molecule has 0 spiro atoms. The van der Waals surface area contributed by atoms with Crippen LogP contribution in [0.1, 0.15) is 51.4 Å². The minimum absolute atomic E-state index is 0.0476. The lowest BCUT2D eigenvalue weighted by atomic mass is 9.53. The summed E-state index contributed by atoms with van der Waals surface area (Å²) < 4.78 is 13.3. The Kier molecular flexibility index (Phi) is 6.06. The summed E-state index contributed by atoms with van der Waals surface area (Å²) in [5, 5.41) is 13.3. The molecule has 1 N–H and O–H groups in total. The second-order valence-electron chi connectivity index (χ2n) is 10.8. The number of thioether (sulfide) groups is 1. The molecule has 5 aliphatic rings. The third kappa shape index (κ3) is 4.47. The van der Waals surface area contributed by atoms with E-state index >= 15 is 0 Å². The average Bonchev–Trinajstić information content (AvgIpc) is 3.47. The van der Waals surface area contributed by atoms with Crippen LogP contribution in [0.25, 0.3) is 11.4 Å². The van der Waals surface area contributed by atoms with Gasteiger partial charge in [0.1, 0.15) is 5.75 Å². The molecule has 182 valence electrons. The van der Waals surface area contributed by atoms with Crippen LogP contribution in [0.5, 0.6) is 5.75 Å². The van der Waals surface area contributed by atoms with Crippen molar-refractivity contribution in [2.45, 2.75) is 74.7 Å². The van der Waals surface area contributed by atoms with Gasteiger partial charge >= 0.3 is 0 Å². The van der Waals surface area contributed by atoms with Gasteiger partial charge in [-0.2, -0.15) is 0 Å². The third-order valence-electron chi connectivity index (χ3n) is 8.25. The molecule has 5 fully saturated rings. The van der Waals surface area contributed by atoms with E-state index in [9.17, 15) is 4.79 Å². The van der Waals surface area contributed by atoms with Crippen LogP contribution in [0.15, 0.2) is 29.4 Å². The molecule has 1 saturated heterocycles. The van der Waals surface area contributed by atoms with Crippen molar-refractivity contribution in [1.29, 1.82) is 0 Å². The van der Waals surface area contributed by atoms with E-state index in [1.165, 1.54) is 50.3 Å². The standard InChI is InChI=1S/C26H34N4O3S/c1-32-21-6-4-20(5-7-21)24-28-29-25(30(24)15-22-3-2-8-33-22)34-16-23(31)27-26-12-17-9-18(13-26)11-19(10-17)14-26/h4-7,17-19,22H,2-3,8-16H2,1H3,(H,27,31)/t17?,18?,19?,22-,26?/m0/s1. The number of methoxy groups -OCH3 is 1. The molecular formula is C26H34N4O3S. The number of benzene rings is 1. The predicted octanol–water partition coefficient (Wildman–Crippen LogP) is 4.31. The van der Waals surface area contributed by atoms with Gasteiger partial charge in [0.15, 0.2) is 11.0 Å². The van der Waals surface area contributed by atoms with E-state index < -0.39 is 0 Å². The summed E-state index contributed by atoms with van der Waals surface area (Å²) in [5.74, 6) is 4.58. The Hall–Kier alpha value is -2.06. The zero-order valence-corrected chi connectivity index (χ0v) is 20.7. The van der Waals surface area contributed by atoms with E-state index in [2.05, 4.69) is 20.1 Å². The van der Waals surface area contributed by atoms with Gasteiger partial charge in [-0.3, -0.25) is 9.36 Å². The van der Waals surface area contributed by atoms with Crippen molar-refractivity contribution in [3.63, 3.8) is 0 Å². The van der Waals surface area contributed by atoms with Gasteiger partial charge in [0.05, 0.1) is 25.5 Å². The Balaban J connectivity index is 1.16. The monoisotopic (exact) mass is 482 g/mol. The fraction of sp³-hybridized carbons (Fsp3) is 0.654. The summed E-state index contributed by atoms with van der Waals surface area (Å²) in [7, 11) is 1.66. The molecule has 7 rings (SSSR count). The first kappa shape index (κ1) is 22.4. The van der Waals surface area contributed by atoms with Crippen molar-refractivity contribution in [1.82, 2.24) is 20.1 Å². The van der Waals surface area contributed by atoms with Gasteiger partial charge in [-0.1, -0.05) is 11.8 Å². The highest BCUT2D eigenvalue weighted by Gasteiger charge is 2.51. The summed E-state index contributed by atoms with van der Waals surface area (Å²) >= 11 is 1.49. The maximum Gasteiger partial charge on any atom is 0.230 e. The van der Waals surface area contributed by atoms with Gasteiger partial charge in [-0.15, -0.1) is 10.2 Å². The Morgan fingerprint density at radius 1 is 1.15 bits per heavy atom.